The van der Waals surface area contributed by atoms with E-state index < -0.39 is 0 Å². The van der Waals surface area contributed by atoms with Crippen molar-refractivity contribution in [1.29, 1.82) is 0 Å². The van der Waals surface area contributed by atoms with E-state index >= 15 is 0 Å². The van der Waals surface area contributed by atoms with Crippen LogP contribution in [-0.4, -0.2) is 36.7 Å². The average Bonchev–Trinajstić information content (AvgIpc) is 2.59. The van der Waals surface area contributed by atoms with Crippen LogP contribution in [0.2, 0.25) is 0 Å². The Kier molecular flexibility index (Phi) is 5.89. The van der Waals surface area contributed by atoms with E-state index in [2.05, 4.69) is 10.6 Å². The van der Waals surface area contributed by atoms with E-state index in [9.17, 15) is 14.4 Å². The second-order valence-corrected chi connectivity index (χ2v) is 5.84. The number of nitrogens with zero attached hydrogens (tertiary/aromatic N) is 1. The Morgan fingerprint density at radius 2 is 1.64 bits per heavy atom. The van der Waals surface area contributed by atoms with Gasteiger partial charge in [-0.25, -0.2) is 0 Å². The highest BCUT2D eigenvalue weighted by Gasteiger charge is 2.10. The first-order valence-corrected chi connectivity index (χ1v) is 7.83. The molecule has 0 atom stereocenters. The molecular formula is C19H21N3O3. The second-order valence-electron chi connectivity index (χ2n) is 5.84. The van der Waals surface area contributed by atoms with E-state index in [-0.39, 0.29) is 17.7 Å². The molecule has 6 nitrogen and oxygen atoms in total. The summed E-state index contributed by atoms with van der Waals surface area (Å²) < 4.78 is 0. The van der Waals surface area contributed by atoms with Crippen molar-refractivity contribution in [3.63, 3.8) is 0 Å². The minimum absolute atomic E-state index is 0.103. The highest BCUT2D eigenvalue weighted by atomic mass is 16.2. The molecule has 3 amide bonds. The fourth-order valence-electron chi connectivity index (χ4n) is 2.19. The standard InChI is InChI=1S/C19H21N3O3/c1-13(23)20-12-14-7-9-15(10-8-14)18(24)21-17-6-4-5-16(11-17)19(25)22(2)3/h4-11H,12H2,1-3H3,(H,20,23)(H,21,24). The van der Waals surface area contributed by atoms with Crippen LogP contribution in [0.4, 0.5) is 5.69 Å². The highest BCUT2D eigenvalue weighted by molar-refractivity contribution is 6.05. The van der Waals surface area contributed by atoms with E-state index in [1.807, 2.05) is 0 Å². The fourth-order valence-corrected chi connectivity index (χ4v) is 2.19. The summed E-state index contributed by atoms with van der Waals surface area (Å²) in [5, 5.41) is 5.48. The van der Waals surface area contributed by atoms with Gasteiger partial charge in [0.25, 0.3) is 11.8 Å². The molecule has 2 N–H and O–H groups in total. The summed E-state index contributed by atoms with van der Waals surface area (Å²) in [5.41, 5.74) is 2.47. The van der Waals surface area contributed by atoms with E-state index in [4.69, 9.17) is 0 Å². The maximum absolute atomic E-state index is 12.3. The molecule has 0 spiro atoms. The molecule has 0 saturated carbocycles. The van der Waals surface area contributed by atoms with E-state index in [1.165, 1.54) is 11.8 Å². The number of hydrogen-bond acceptors (Lipinski definition) is 3. The first-order valence-electron chi connectivity index (χ1n) is 7.83. The SMILES string of the molecule is CC(=O)NCc1ccc(C(=O)Nc2cccc(C(=O)N(C)C)c2)cc1. The number of amides is 3. The summed E-state index contributed by atoms with van der Waals surface area (Å²) in [5.74, 6) is -0.493. The monoisotopic (exact) mass is 339 g/mol. The molecule has 0 aliphatic rings. The lowest BCUT2D eigenvalue weighted by Gasteiger charge is -2.12. The summed E-state index contributed by atoms with van der Waals surface area (Å²) >= 11 is 0. The van der Waals surface area contributed by atoms with E-state index in [0.717, 1.165) is 5.56 Å². The lowest BCUT2D eigenvalue weighted by Crippen LogP contribution is -2.22. The molecule has 0 fully saturated rings. The Morgan fingerprint density at radius 1 is 0.960 bits per heavy atom. The van der Waals surface area contributed by atoms with Gasteiger partial charge in [0, 0.05) is 44.4 Å². The normalized spacial score (nSPS) is 10.0. The largest absolute Gasteiger partial charge is 0.352 e. The Hall–Kier alpha value is -3.15. The molecule has 2 aromatic carbocycles. The van der Waals surface area contributed by atoms with Gasteiger partial charge in [-0.3, -0.25) is 14.4 Å². The Labute approximate surface area is 146 Å². The van der Waals surface area contributed by atoms with Gasteiger partial charge in [0.1, 0.15) is 0 Å². The molecule has 0 unspecified atom stereocenters. The number of benzene rings is 2. The second kappa shape index (κ2) is 8.10. The predicted octanol–water partition coefficient (Wildman–Crippen LogP) is 2.28. The highest BCUT2D eigenvalue weighted by Crippen LogP contribution is 2.14. The third-order valence-corrected chi connectivity index (χ3v) is 3.53. The van der Waals surface area contributed by atoms with Crippen molar-refractivity contribution in [3.8, 4) is 0 Å². The van der Waals surface area contributed by atoms with E-state index in [0.29, 0.717) is 23.4 Å². The zero-order valence-electron chi connectivity index (χ0n) is 14.5. The van der Waals surface area contributed by atoms with Crippen molar-refractivity contribution in [1.82, 2.24) is 10.2 Å². The molecule has 130 valence electrons. The van der Waals surface area contributed by atoms with Gasteiger partial charge in [-0.1, -0.05) is 18.2 Å². The summed E-state index contributed by atoms with van der Waals surface area (Å²) in [6, 6.07) is 13.8. The van der Waals surface area contributed by atoms with Crippen molar-refractivity contribution in [3.05, 3.63) is 65.2 Å². The Morgan fingerprint density at radius 3 is 2.24 bits per heavy atom. The van der Waals surface area contributed by atoms with Crippen LogP contribution in [-0.2, 0) is 11.3 Å². The number of anilines is 1. The first-order chi connectivity index (χ1) is 11.9. The van der Waals surface area contributed by atoms with Gasteiger partial charge in [-0.2, -0.15) is 0 Å². The number of carbonyl (C=O) groups excluding carboxylic acids is 3. The van der Waals surface area contributed by atoms with Crippen molar-refractivity contribution < 1.29 is 14.4 Å². The van der Waals surface area contributed by atoms with Gasteiger partial charge >= 0.3 is 0 Å². The molecule has 25 heavy (non-hydrogen) atoms. The van der Waals surface area contributed by atoms with Crippen LogP contribution in [0.25, 0.3) is 0 Å². The predicted molar refractivity (Wildman–Crippen MR) is 96.4 cm³/mol. The molecule has 0 aliphatic heterocycles. The van der Waals surface area contributed by atoms with Crippen LogP contribution >= 0.6 is 0 Å². The Balaban J connectivity index is 2.05. The summed E-state index contributed by atoms with van der Waals surface area (Å²) in [7, 11) is 3.35. The lowest BCUT2D eigenvalue weighted by molar-refractivity contribution is -0.119. The summed E-state index contributed by atoms with van der Waals surface area (Å²) in [6.45, 7) is 1.88. The third kappa shape index (κ3) is 5.17. The summed E-state index contributed by atoms with van der Waals surface area (Å²) in [4.78, 5) is 36.7. The van der Waals surface area contributed by atoms with Crippen molar-refractivity contribution in [2.45, 2.75) is 13.5 Å². The first kappa shape index (κ1) is 18.2. The van der Waals surface area contributed by atoms with Crippen LogP contribution in [0.5, 0.6) is 0 Å². The van der Waals surface area contributed by atoms with Gasteiger partial charge in [-0.05, 0) is 35.9 Å². The molecule has 0 heterocycles. The van der Waals surface area contributed by atoms with Crippen LogP contribution in [0.1, 0.15) is 33.2 Å². The Bertz CT molecular complexity index is 783. The van der Waals surface area contributed by atoms with Gasteiger partial charge < -0.3 is 15.5 Å². The molecule has 2 aromatic rings. The average molecular weight is 339 g/mol. The quantitative estimate of drug-likeness (QED) is 0.877. The molecule has 0 radical (unpaired) electrons. The van der Waals surface area contributed by atoms with Crippen molar-refractivity contribution in [2.24, 2.45) is 0 Å². The van der Waals surface area contributed by atoms with Crippen molar-refractivity contribution in [2.75, 3.05) is 19.4 Å². The number of rotatable bonds is 5. The minimum atomic E-state index is -0.263. The van der Waals surface area contributed by atoms with Crippen LogP contribution in [0.3, 0.4) is 0 Å². The molecule has 0 bridgehead atoms. The van der Waals surface area contributed by atoms with Gasteiger partial charge in [-0.15, -0.1) is 0 Å². The molecule has 0 saturated heterocycles. The molecule has 6 heteroatoms. The zero-order valence-corrected chi connectivity index (χ0v) is 14.5. The zero-order chi connectivity index (χ0) is 18.4. The fraction of sp³-hybridized carbons (Fsp3) is 0.211. The van der Waals surface area contributed by atoms with Crippen LogP contribution < -0.4 is 10.6 Å². The molecular weight excluding hydrogens is 318 g/mol. The van der Waals surface area contributed by atoms with Crippen molar-refractivity contribution >= 4 is 23.4 Å². The molecule has 0 aliphatic carbocycles. The molecule has 2 rings (SSSR count). The van der Waals surface area contributed by atoms with E-state index in [1.54, 1.807) is 62.6 Å². The maximum atomic E-state index is 12.3. The molecule has 0 aromatic heterocycles. The van der Waals surface area contributed by atoms with Gasteiger partial charge in [0.05, 0.1) is 0 Å². The topological polar surface area (TPSA) is 78.5 Å². The number of hydrogen-bond donors (Lipinski definition) is 2. The van der Waals surface area contributed by atoms with Gasteiger partial charge in [0.2, 0.25) is 5.91 Å². The maximum Gasteiger partial charge on any atom is 0.255 e. The number of carbonyl (C=O) groups is 3. The van der Waals surface area contributed by atoms with Gasteiger partial charge in [0.15, 0.2) is 0 Å². The minimum Gasteiger partial charge on any atom is -0.352 e. The summed E-state index contributed by atoms with van der Waals surface area (Å²) in [6.07, 6.45) is 0. The third-order valence-electron chi connectivity index (χ3n) is 3.53. The van der Waals surface area contributed by atoms with Crippen LogP contribution in [0, 0.1) is 0 Å². The smallest absolute Gasteiger partial charge is 0.255 e. The lowest BCUT2D eigenvalue weighted by atomic mass is 10.1. The number of nitrogens with one attached hydrogen (secondary N) is 2. The van der Waals surface area contributed by atoms with Crippen LogP contribution in [0.15, 0.2) is 48.5 Å².